The van der Waals surface area contributed by atoms with Crippen molar-refractivity contribution < 1.29 is 4.79 Å². The van der Waals surface area contributed by atoms with Crippen molar-refractivity contribution in [2.75, 3.05) is 12.3 Å². The molecule has 2 rings (SSSR count). The predicted molar refractivity (Wildman–Crippen MR) is 73.0 cm³/mol. The van der Waals surface area contributed by atoms with Crippen LogP contribution in [0.4, 0.5) is 5.82 Å². The first-order chi connectivity index (χ1) is 9.13. The Bertz CT molecular complexity index is 705. The van der Waals surface area contributed by atoms with Crippen LogP contribution >= 0.6 is 0 Å². The number of aryl methyl sites for hydroxylation is 1. The number of hydrogen-bond donors (Lipinski definition) is 2. The van der Waals surface area contributed by atoms with Gasteiger partial charge in [0.1, 0.15) is 17.8 Å². The molecule has 96 valence electrons. The summed E-state index contributed by atoms with van der Waals surface area (Å²) < 4.78 is 1.83. The third-order valence-corrected chi connectivity index (χ3v) is 2.54. The highest BCUT2D eigenvalue weighted by atomic mass is 16.1. The number of anilines is 1. The largest absolute Gasteiger partial charge is 0.383 e. The van der Waals surface area contributed by atoms with Gasteiger partial charge in [0.05, 0.1) is 17.5 Å². The molecule has 6 heteroatoms. The summed E-state index contributed by atoms with van der Waals surface area (Å²) in [5, 5.41) is 3.30. The van der Waals surface area contributed by atoms with E-state index in [0.29, 0.717) is 5.82 Å². The molecule has 0 atom stereocenters. The molecule has 2 aromatic heterocycles. The fourth-order valence-electron chi connectivity index (χ4n) is 1.67. The smallest absolute Gasteiger partial charge is 0.244 e. The Morgan fingerprint density at radius 2 is 2.42 bits per heavy atom. The van der Waals surface area contributed by atoms with E-state index in [1.807, 2.05) is 17.8 Å². The first kappa shape index (κ1) is 12.6. The monoisotopic (exact) mass is 255 g/mol. The Labute approximate surface area is 110 Å². The highest BCUT2D eigenvalue weighted by Gasteiger charge is 2.09. The van der Waals surface area contributed by atoms with Crippen LogP contribution in [0.5, 0.6) is 0 Å². The van der Waals surface area contributed by atoms with Gasteiger partial charge in [-0.05, 0) is 6.08 Å². The molecule has 0 saturated carbocycles. The third kappa shape index (κ3) is 2.55. The van der Waals surface area contributed by atoms with E-state index in [9.17, 15) is 4.79 Å². The van der Waals surface area contributed by atoms with Gasteiger partial charge in [0.25, 0.3) is 0 Å². The van der Waals surface area contributed by atoms with Crippen LogP contribution < -0.4 is 11.1 Å². The van der Waals surface area contributed by atoms with Gasteiger partial charge in [-0.25, -0.2) is 9.97 Å². The second-order valence-corrected chi connectivity index (χ2v) is 3.83. The maximum atomic E-state index is 11.0. The Balaban J connectivity index is 2.29. The van der Waals surface area contributed by atoms with E-state index < -0.39 is 0 Å². The summed E-state index contributed by atoms with van der Waals surface area (Å²) in [6.45, 7) is 3.60. The van der Waals surface area contributed by atoms with E-state index in [1.165, 1.54) is 12.4 Å². The first-order valence-electron chi connectivity index (χ1n) is 5.58. The van der Waals surface area contributed by atoms with E-state index in [1.54, 1.807) is 0 Å². The Kier molecular flexibility index (Phi) is 3.48. The van der Waals surface area contributed by atoms with Crippen molar-refractivity contribution >= 4 is 22.8 Å². The maximum absolute atomic E-state index is 11.0. The first-order valence-corrected chi connectivity index (χ1v) is 5.58. The summed E-state index contributed by atoms with van der Waals surface area (Å²) in [6.07, 6.45) is 4.45. The van der Waals surface area contributed by atoms with Gasteiger partial charge in [0, 0.05) is 13.2 Å². The molecule has 0 aliphatic rings. The number of carbonyl (C=O) groups is 1. The number of hydrogen-bond acceptors (Lipinski definition) is 4. The van der Waals surface area contributed by atoms with Crippen LogP contribution in [-0.4, -0.2) is 27.0 Å². The number of nitrogens with one attached hydrogen (secondary N) is 1. The minimum Gasteiger partial charge on any atom is -0.383 e. The number of nitrogens with two attached hydrogens (primary N) is 1. The van der Waals surface area contributed by atoms with E-state index in [-0.39, 0.29) is 12.5 Å². The molecule has 0 unspecified atom stereocenters. The summed E-state index contributed by atoms with van der Waals surface area (Å²) in [5.41, 5.74) is 7.30. The van der Waals surface area contributed by atoms with Crippen LogP contribution in [0.15, 0.2) is 25.2 Å². The normalized spacial score (nSPS) is 9.74. The molecule has 2 heterocycles. The van der Waals surface area contributed by atoms with Crippen molar-refractivity contribution in [3.05, 3.63) is 30.7 Å². The van der Waals surface area contributed by atoms with Crippen LogP contribution in [-0.2, 0) is 11.8 Å². The topological polar surface area (TPSA) is 85.8 Å². The number of amides is 1. The molecule has 19 heavy (non-hydrogen) atoms. The van der Waals surface area contributed by atoms with Crippen LogP contribution in [0.25, 0.3) is 11.0 Å². The van der Waals surface area contributed by atoms with Crippen molar-refractivity contribution in [1.29, 1.82) is 0 Å². The van der Waals surface area contributed by atoms with Crippen LogP contribution in [0, 0.1) is 11.8 Å². The van der Waals surface area contributed by atoms with Gasteiger partial charge < -0.3 is 15.6 Å². The second kappa shape index (κ2) is 5.23. The average Bonchev–Trinajstić information content (AvgIpc) is 2.73. The summed E-state index contributed by atoms with van der Waals surface area (Å²) in [5.74, 6) is 5.93. The van der Waals surface area contributed by atoms with Crippen LogP contribution in [0.2, 0.25) is 0 Å². The molecule has 6 nitrogen and oxygen atoms in total. The van der Waals surface area contributed by atoms with Crippen molar-refractivity contribution in [1.82, 2.24) is 19.9 Å². The van der Waals surface area contributed by atoms with E-state index in [2.05, 4.69) is 33.7 Å². The number of fused-ring (bicyclic) bond motifs is 1. The van der Waals surface area contributed by atoms with Gasteiger partial charge in [-0.2, -0.15) is 0 Å². The fraction of sp³-hybridized carbons (Fsp3) is 0.154. The molecule has 0 aliphatic heterocycles. The highest BCUT2D eigenvalue weighted by molar-refractivity contribution is 5.92. The molecule has 0 spiro atoms. The predicted octanol–water partition coefficient (Wildman–Crippen LogP) is 0.204. The molecule has 0 saturated heterocycles. The minimum absolute atomic E-state index is 0.245. The van der Waals surface area contributed by atoms with Crippen molar-refractivity contribution in [3.63, 3.8) is 0 Å². The van der Waals surface area contributed by atoms with Crippen molar-refractivity contribution in [2.24, 2.45) is 7.05 Å². The summed E-state index contributed by atoms with van der Waals surface area (Å²) in [7, 11) is 1.86. The maximum Gasteiger partial charge on any atom is 0.244 e. The molecule has 2 aromatic rings. The summed E-state index contributed by atoms with van der Waals surface area (Å²) >= 11 is 0. The number of aromatic nitrogens is 3. The minimum atomic E-state index is -0.255. The summed E-state index contributed by atoms with van der Waals surface area (Å²) in [6, 6.07) is 0. The molecule has 0 radical (unpaired) electrons. The second-order valence-electron chi connectivity index (χ2n) is 3.83. The van der Waals surface area contributed by atoms with Gasteiger partial charge in [-0.15, -0.1) is 0 Å². The number of rotatable bonds is 2. The van der Waals surface area contributed by atoms with Crippen LogP contribution in [0.3, 0.4) is 0 Å². The van der Waals surface area contributed by atoms with Gasteiger partial charge in [-0.3, -0.25) is 4.79 Å². The number of carbonyl (C=O) groups excluding carboxylic acids is 1. The zero-order valence-electron chi connectivity index (χ0n) is 10.5. The van der Waals surface area contributed by atoms with Gasteiger partial charge >= 0.3 is 0 Å². The highest BCUT2D eigenvalue weighted by Crippen LogP contribution is 2.21. The standard InChI is InChI=1S/C13H13N5O/c1-3-10(19)15-6-4-5-9-7-18(2)13-11(9)12(14)16-8-17-13/h3,7-8H,1,6H2,2H3,(H,15,19)(H2,14,16,17). The molecular formula is C13H13N5O. The average molecular weight is 255 g/mol. The third-order valence-electron chi connectivity index (χ3n) is 2.54. The van der Waals surface area contributed by atoms with Crippen molar-refractivity contribution in [3.8, 4) is 11.8 Å². The number of nitrogens with zero attached hydrogens (tertiary/aromatic N) is 3. The fourth-order valence-corrected chi connectivity index (χ4v) is 1.67. The van der Waals surface area contributed by atoms with Gasteiger partial charge in [0.2, 0.25) is 5.91 Å². The molecule has 0 bridgehead atoms. The summed E-state index contributed by atoms with van der Waals surface area (Å²) in [4.78, 5) is 19.1. The van der Waals surface area contributed by atoms with Gasteiger partial charge in [-0.1, -0.05) is 18.4 Å². The molecular weight excluding hydrogens is 242 g/mol. The molecule has 1 amide bonds. The molecule has 0 aromatic carbocycles. The van der Waals surface area contributed by atoms with E-state index in [0.717, 1.165) is 16.6 Å². The van der Waals surface area contributed by atoms with Gasteiger partial charge in [0.15, 0.2) is 0 Å². The zero-order valence-corrected chi connectivity index (χ0v) is 10.5. The molecule has 0 aliphatic carbocycles. The lowest BCUT2D eigenvalue weighted by atomic mass is 10.2. The lowest BCUT2D eigenvalue weighted by Crippen LogP contribution is -2.20. The Morgan fingerprint density at radius 3 is 3.16 bits per heavy atom. The molecule has 3 N–H and O–H groups in total. The Morgan fingerprint density at radius 1 is 1.63 bits per heavy atom. The van der Waals surface area contributed by atoms with E-state index >= 15 is 0 Å². The lowest BCUT2D eigenvalue weighted by Gasteiger charge is -1.96. The van der Waals surface area contributed by atoms with Crippen molar-refractivity contribution in [2.45, 2.75) is 0 Å². The zero-order chi connectivity index (χ0) is 13.8. The number of nitrogen functional groups attached to an aromatic ring is 1. The quantitative estimate of drug-likeness (QED) is 0.593. The lowest BCUT2D eigenvalue weighted by molar-refractivity contribution is -0.116. The Hall–Kier alpha value is -2.81. The molecule has 0 fully saturated rings. The van der Waals surface area contributed by atoms with E-state index in [4.69, 9.17) is 5.73 Å². The van der Waals surface area contributed by atoms with Crippen LogP contribution in [0.1, 0.15) is 5.56 Å². The SMILES string of the molecule is C=CC(=O)NCC#Cc1cn(C)c2ncnc(N)c12.